The van der Waals surface area contributed by atoms with Gasteiger partial charge in [0.2, 0.25) is 5.91 Å². The van der Waals surface area contributed by atoms with E-state index in [2.05, 4.69) is 10.6 Å². The lowest BCUT2D eigenvalue weighted by molar-refractivity contribution is -0.114. The molecule has 0 heterocycles. The zero-order valence-corrected chi connectivity index (χ0v) is 19.5. The summed E-state index contributed by atoms with van der Waals surface area (Å²) in [5.74, 6) is 0.457. The number of nitrogens with zero attached hydrogens (tertiary/aromatic N) is 1. The molecular formula is C29H27N3O3. The van der Waals surface area contributed by atoms with Gasteiger partial charge in [0.05, 0.1) is 6.54 Å². The Morgan fingerprint density at radius 2 is 1.34 bits per heavy atom. The molecule has 0 spiro atoms. The van der Waals surface area contributed by atoms with Crippen molar-refractivity contribution in [2.75, 3.05) is 29.1 Å². The first-order chi connectivity index (χ1) is 17.1. The molecule has 35 heavy (non-hydrogen) atoms. The van der Waals surface area contributed by atoms with Crippen LogP contribution >= 0.6 is 0 Å². The third-order valence-electron chi connectivity index (χ3n) is 5.42. The summed E-state index contributed by atoms with van der Waals surface area (Å²) in [6.45, 7) is 0.616. The van der Waals surface area contributed by atoms with E-state index in [1.54, 1.807) is 36.2 Å². The Labute approximate surface area is 205 Å². The summed E-state index contributed by atoms with van der Waals surface area (Å²) in [4.78, 5) is 26.6. The fraction of sp³-hybridized carbons (Fsp3) is 0.103. The van der Waals surface area contributed by atoms with Crippen LogP contribution in [0.2, 0.25) is 0 Å². The van der Waals surface area contributed by atoms with Crippen LogP contribution in [0.1, 0.15) is 15.9 Å². The van der Waals surface area contributed by atoms with Gasteiger partial charge in [0.25, 0.3) is 5.91 Å². The Morgan fingerprint density at radius 3 is 2.00 bits per heavy atom. The molecule has 0 unspecified atom stereocenters. The first kappa shape index (κ1) is 23.6. The summed E-state index contributed by atoms with van der Waals surface area (Å²) >= 11 is 0. The van der Waals surface area contributed by atoms with Crippen LogP contribution < -0.4 is 20.3 Å². The number of rotatable bonds is 9. The van der Waals surface area contributed by atoms with Gasteiger partial charge in [0, 0.05) is 29.7 Å². The van der Waals surface area contributed by atoms with Crippen molar-refractivity contribution in [3.8, 4) is 5.75 Å². The first-order valence-corrected chi connectivity index (χ1v) is 11.3. The lowest BCUT2D eigenvalue weighted by Gasteiger charge is -2.17. The number of ether oxygens (including phenoxy) is 1. The van der Waals surface area contributed by atoms with Gasteiger partial charge in [0.1, 0.15) is 12.4 Å². The smallest absolute Gasteiger partial charge is 0.258 e. The number of nitrogens with one attached hydrogen (secondary N) is 2. The number of para-hydroxylation sites is 1. The molecule has 6 heteroatoms. The Bertz CT molecular complexity index is 1240. The molecule has 2 amide bonds. The molecule has 0 saturated heterocycles. The molecule has 0 aliphatic carbocycles. The molecule has 0 radical (unpaired) electrons. The lowest BCUT2D eigenvalue weighted by atomic mass is 10.1. The summed E-state index contributed by atoms with van der Waals surface area (Å²) in [5.41, 5.74) is 3.91. The third-order valence-corrected chi connectivity index (χ3v) is 5.42. The van der Waals surface area contributed by atoms with Gasteiger partial charge in [0.15, 0.2) is 0 Å². The molecule has 2 N–H and O–H groups in total. The standard InChI is InChI=1S/C29H27N3O3/c1-32(26-10-6-3-7-11-26)29(34)23-12-14-25(15-13-23)31-28(33)20-30-24-16-18-27(19-17-24)35-21-22-8-4-2-5-9-22/h2-19,30H,20-21H2,1H3,(H,31,33). The van der Waals surface area contributed by atoms with Gasteiger partial charge in [-0.15, -0.1) is 0 Å². The van der Waals surface area contributed by atoms with Crippen LogP contribution in [-0.4, -0.2) is 25.4 Å². The summed E-state index contributed by atoms with van der Waals surface area (Å²) in [6, 6.07) is 33.8. The van der Waals surface area contributed by atoms with Gasteiger partial charge in [-0.25, -0.2) is 0 Å². The first-order valence-electron chi connectivity index (χ1n) is 11.3. The van der Waals surface area contributed by atoms with Crippen molar-refractivity contribution in [1.82, 2.24) is 0 Å². The second-order valence-corrected chi connectivity index (χ2v) is 7.98. The zero-order valence-electron chi connectivity index (χ0n) is 19.5. The minimum atomic E-state index is -0.185. The fourth-order valence-electron chi connectivity index (χ4n) is 3.46. The highest BCUT2D eigenvalue weighted by molar-refractivity contribution is 6.06. The van der Waals surface area contributed by atoms with Crippen molar-refractivity contribution >= 4 is 28.9 Å². The summed E-state index contributed by atoms with van der Waals surface area (Å²) in [5, 5.41) is 5.94. The maximum absolute atomic E-state index is 12.7. The van der Waals surface area contributed by atoms with Crippen molar-refractivity contribution in [2.24, 2.45) is 0 Å². The van der Waals surface area contributed by atoms with Crippen LogP contribution in [0.3, 0.4) is 0 Å². The predicted octanol–water partition coefficient (Wildman–Crippen LogP) is 5.59. The molecule has 0 atom stereocenters. The summed E-state index contributed by atoms with van der Waals surface area (Å²) in [7, 11) is 1.74. The molecule has 0 aliphatic rings. The Balaban J connectivity index is 1.24. The Kier molecular flexibility index (Phi) is 7.76. The predicted molar refractivity (Wildman–Crippen MR) is 140 cm³/mol. The second-order valence-electron chi connectivity index (χ2n) is 7.98. The van der Waals surface area contributed by atoms with E-state index in [4.69, 9.17) is 4.74 Å². The number of benzene rings is 4. The highest BCUT2D eigenvalue weighted by atomic mass is 16.5. The average Bonchev–Trinajstić information content (AvgIpc) is 2.92. The maximum atomic E-state index is 12.7. The normalized spacial score (nSPS) is 10.3. The van der Waals surface area contributed by atoms with E-state index in [0.717, 1.165) is 22.7 Å². The van der Waals surface area contributed by atoms with Crippen LogP contribution in [0.15, 0.2) is 109 Å². The number of carbonyl (C=O) groups excluding carboxylic acids is 2. The molecule has 6 nitrogen and oxygen atoms in total. The fourth-order valence-corrected chi connectivity index (χ4v) is 3.46. The number of hydrogen-bond acceptors (Lipinski definition) is 4. The molecule has 0 saturated carbocycles. The largest absolute Gasteiger partial charge is 0.489 e. The van der Waals surface area contributed by atoms with Gasteiger partial charge in [-0.2, -0.15) is 0 Å². The number of anilines is 3. The maximum Gasteiger partial charge on any atom is 0.258 e. The van der Waals surface area contributed by atoms with E-state index in [-0.39, 0.29) is 18.4 Å². The van der Waals surface area contributed by atoms with Crippen molar-refractivity contribution in [1.29, 1.82) is 0 Å². The Morgan fingerprint density at radius 1 is 0.743 bits per heavy atom. The minimum absolute atomic E-state index is 0.113. The van der Waals surface area contributed by atoms with E-state index in [0.29, 0.717) is 17.9 Å². The van der Waals surface area contributed by atoms with Crippen molar-refractivity contribution in [3.63, 3.8) is 0 Å². The van der Waals surface area contributed by atoms with Crippen LogP contribution in [0.5, 0.6) is 5.75 Å². The summed E-state index contributed by atoms with van der Waals surface area (Å²) in [6.07, 6.45) is 0. The molecule has 4 rings (SSSR count). The van der Waals surface area contributed by atoms with Gasteiger partial charge in [-0.05, 0) is 66.2 Å². The minimum Gasteiger partial charge on any atom is -0.489 e. The number of carbonyl (C=O) groups is 2. The molecule has 4 aromatic rings. The van der Waals surface area contributed by atoms with E-state index in [1.165, 1.54) is 0 Å². The quantitative estimate of drug-likeness (QED) is 0.338. The van der Waals surface area contributed by atoms with Crippen LogP contribution in [-0.2, 0) is 11.4 Å². The van der Waals surface area contributed by atoms with Gasteiger partial charge in [-0.1, -0.05) is 48.5 Å². The molecule has 176 valence electrons. The Hall–Kier alpha value is -4.58. The third kappa shape index (κ3) is 6.71. The topological polar surface area (TPSA) is 70.7 Å². The SMILES string of the molecule is CN(C(=O)c1ccc(NC(=O)CNc2ccc(OCc3ccccc3)cc2)cc1)c1ccccc1. The van der Waals surface area contributed by atoms with Crippen LogP contribution in [0.25, 0.3) is 0 Å². The lowest BCUT2D eigenvalue weighted by Crippen LogP contribution is -2.26. The van der Waals surface area contributed by atoms with E-state index in [9.17, 15) is 9.59 Å². The van der Waals surface area contributed by atoms with E-state index < -0.39 is 0 Å². The van der Waals surface area contributed by atoms with Crippen LogP contribution in [0, 0.1) is 0 Å². The highest BCUT2D eigenvalue weighted by Gasteiger charge is 2.13. The molecule has 4 aromatic carbocycles. The van der Waals surface area contributed by atoms with Gasteiger partial charge in [-0.3, -0.25) is 9.59 Å². The van der Waals surface area contributed by atoms with Gasteiger partial charge >= 0.3 is 0 Å². The van der Waals surface area contributed by atoms with Crippen molar-refractivity contribution in [3.05, 3.63) is 120 Å². The molecular weight excluding hydrogens is 438 g/mol. The number of hydrogen-bond donors (Lipinski definition) is 2. The van der Waals surface area contributed by atoms with Crippen LogP contribution in [0.4, 0.5) is 17.1 Å². The number of amides is 2. The van der Waals surface area contributed by atoms with E-state index in [1.807, 2.05) is 84.9 Å². The molecule has 0 bridgehead atoms. The van der Waals surface area contributed by atoms with E-state index >= 15 is 0 Å². The van der Waals surface area contributed by atoms with Crippen molar-refractivity contribution < 1.29 is 14.3 Å². The second kappa shape index (κ2) is 11.5. The zero-order chi connectivity index (χ0) is 24.5. The molecule has 0 aliphatic heterocycles. The van der Waals surface area contributed by atoms with Gasteiger partial charge < -0.3 is 20.3 Å². The molecule has 0 fully saturated rings. The highest BCUT2D eigenvalue weighted by Crippen LogP contribution is 2.18. The van der Waals surface area contributed by atoms with Crippen molar-refractivity contribution in [2.45, 2.75) is 6.61 Å². The monoisotopic (exact) mass is 465 g/mol. The molecule has 0 aromatic heterocycles. The summed E-state index contributed by atoms with van der Waals surface area (Å²) < 4.78 is 5.78. The average molecular weight is 466 g/mol.